The number of halogens is 3. The molecule has 37 heavy (non-hydrogen) atoms. The largest absolute Gasteiger partial charge is 0.417 e. The molecule has 1 fully saturated rings. The summed E-state index contributed by atoms with van der Waals surface area (Å²) >= 11 is 0. The van der Waals surface area contributed by atoms with E-state index in [1.54, 1.807) is 41.8 Å². The Morgan fingerprint density at radius 3 is 2.76 bits per heavy atom. The molecule has 0 aliphatic carbocycles. The number of aliphatic imine (C=N–C) groups is 1. The zero-order valence-corrected chi connectivity index (χ0v) is 19.3. The Balaban J connectivity index is 1.31. The second-order valence-electron chi connectivity index (χ2n) is 8.65. The number of hydrogen-bond donors (Lipinski definition) is 1. The molecule has 1 amide bonds. The molecule has 188 valence electrons. The number of imidazole rings is 1. The summed E-state index contributed by atoms with van der Waals surface area (Å²) in [5, 5.41) is 6.85. The van der Waals surface area contributed by atoms with E-state index in [1.165, 1.54) is 16.7 Å². The molecule has 0 aromatic carbocycles. The van der Waals surface area contributed by atoms with E-state index in [-0.39, 0.29) is 17.8 Å². The zero-order chi connectivity index (χ0) is 25.6. The van der Waals surface area contributed by atoms with E-state index in [2.05, 4.69) is 30.1 Å². The number of pyridine rings is 1. The van der Waals surface area contributed by atoms with Crippen LogP contribution in [0.2, 0.25) is 0 Å². The molecule has 0 saturated carbocycles. The van der Waals surface area contributed by atoms with Crippen molar-refractivity contribution in [3.05, 3.63) is 72.1 Å². The smallest absolute Gasteiger partial charge is 0.352 e. The van der Waals surface area contributed by atoms with Crippen LogP contribution in [0, 0.1) is 0 Å². The highest BCUT2D eigenvalue weighted by molar-refractivity contribution is 5.96. The molecule has 2 aliphatic rings. The molecule has 4 aromatic rings. The molecule has 13 heteroatoms. The van der Waals surface area contributed by atoms with E-state index in [4.69, 9.17) is 0 Å². The van der Waals surface area contributed by atoms with E-state index < -0.39 is 11.7 Å². The first-order valence-electron chi connectivity index (χ1n) is 11.5. The third kappa shape index (κ3) is 4.21. The summed E-state index contributed by atoms with van der Waals surface area (Å²) in [5.74, 6) is 0.688. The average molecular weight is 507 g/mol. The van der Waals surface area contributed by atoms with Gasteiger partial charge in [-0.2, -0.15) is 18.3 Å². The van der Waals surface area contributed by atoms with E-state index in [9.17, 15) is 18.0 Å². The van der Waals surface area contributed by atoms with Crippen molar-refractivity contribution < 1.29 is 18.0 Å². The Bertz CT molecular complexity index is 1520. The van der Waals surface area contributed by atoms with Crippen molar-refractivity contribution in [3.8, 4) is 11.5 Å². The Kier molecular flexibility index (Phi) is 5.46. The lowest BCUT2D eigenvalue weighted by Gasteiger charge is -2.41. The maximum absolute atomic E-state index is 13.3. The lowest BCUT2D eigenvalue weighted by Crippen LogP contribution is -2.51. The van der Waals surface area contributed by atoms with Crippen molar-refractivity contribution in [1.82, 2.24) is 34.4 Å². The fourth-order valence-corrected chi connectivity index (χ4v) is 4.58. The summed E-state index contributed by atoms with van der Waals surface area (Å²) in [6.45, 7) is 1.36. The zero-order valence-electron chi connectivity index (χ0n) is 19.3. The number of aromatic amines is 1. The number of H-pyrrole nitrogens is 1. The highest BCUT2D eigenvalue weighted by Crippen LogP contribution is 2.32. The molecule has 6 rings (SSSR count). The van der Waals surface area contributed by atoms with Crippen molar-refractivity contribution in [3.63, 3.8) is 0 Å². The minimum atomic E-state index is -4.49. The predicted octanol–water partition coefficient (Wildman–Crippen LogP) is 3.28. The van der Waals surface area contributed by atoms with Gasteiger partial charge in [-0.3, -0.25) is 19.3 Å². The second kappa shape index (κ2) is 8.84. The van der Waals surface area contributed by atoms with Gasteiger partial charge in [0, 0.05) is 56.4 Å². The standard InChI is InChI=1S/C24H20F3N9O/c25-24(26,27)16-3-4-20-30-12-18(36(20)13-16)22-29-7-5-21(33-22)34-8-9-35(23(37)17-2-1-6-28-17)19(14-34)15-10-31-32-11-15/h2-7,10-13,19H,1,8-9,14H2,(H,31,32). The number of carbonyl (C=O) groups is 1. The molecule has 2 aliphatic heterocycles. The number of amides is 1. The fourth-order valence-electron chi connectivity index (χ4n) is 4.58. The predicted molar refractivity (Wildman–Crippen MR) is 128 cm³/mol. The molecule has 10 nitrogen and oxygen atoms in total. The van der Waals surface area contributed by atoms with Crippen molar-refractivity contribution >= 4 is 23.6 Å². The minimum absolute atomic E-state index is 0.144. The first-order valence-corrected chi connectivity index (χ1v) is 11.5. The van der Waals surface area contributed by atoms with Crippen LogP contribution in [-0.4, -0.2) is 66.2 Å². The SMILES string of the molecule is O=C(C1=CCC=N1)N1CCN(c2ccnc(-c3cnc4ccc(C(F)(F)F)cn34)n2)CC1c1cn[nH]c1. The lowest BCUT2D eigenvalue weighted by atomic mass is 10.1. The van der Waals surface area contributed by atoms with Gasteiger partial charge in [-0.1, -0.05) is 0 Å². The van der Waals surface area contributed by atoms with Gasteiger partial charge in [0.05, 0.1) is 24.0 Å². The number of rotatable bonds is 4. The molecule has 1 unspecified atom stereocenters. The average Bonchev–Trinajstić information content (AvgIpc) is 3.69. The molecule has 1 N–H and O–H groups in total. The summed E-state index contributed by atoms with van der Waals surface area (Å²) in [7, 11) is 0. The van der Waals surface area contributed by atoms with Crippen LogP contribution < -0.4 is 4.90 Å². The van der Waals surface area contributed by atoms with E-state index in [1.807, 2.05) is 4.90 Å². The van der Waals surface area contributed by atoms with Gasteiger partial charge in [0.25, 0.3) is 5.91 Å². The maximum Gasteiger partial charge on any atom is 0.417 e. The third-order valence-electron chi connectivity index (χ3n) is 6.44. The van der Waals surface area contributed by atoms with Crippen molar-refractivity contribution in [1.29, 1.82) is 0 Å². The van der Waals surface area contributed by atoms with E-state index in [0.29, 0.717) is 48.9 Å². The Hall–Kier alpha value is -4.55. The van der Waals surface area contributed by atoms with Crippen LogP contribution in [0.3, 0.4) is 0 Å². The minimum Gasteiger partial charge on any atom is -0.352 e. The second-order valence-corrected chi connectivity index (χ2v) is 8.65. The quantitative estimate of drug-likeness (QED) is 0.454. The summed E-state index contributed by atoms with van der Waals surface area (Å²) in [6.07, 6.45) is 7.10. The van der Waals surface area contributed by atoms with Gasteiger partial charge in [-0.05, 0) is 24.3 Å². The van der Waals surface area contributed by atoms with Crippen LogP contribution in [-0.2, 0) is 11.0 Å². The maximum atomic E-state index is 13.3. The van der Waals surface area contributed by atoms with Gasteiger partial charge >= 0.3 is 6.18 Å². The van der Waals surface area contributed by atoms with Gasteiger partial charge in [-0.25, -0.2) is 15.0 Å². The number of nitrogens with one attached hydrogen (secondary N) is 1. The number of nitrogens with zero attached hydrogens (tertiary/aromatic N) is 8. The number of anilines is 1. The topological polar surface area (TPSA) is 108 Å². The Morgan fingerprint density at radius 2 is 2.00 bits per heavy atom. The lowest BCUT2D eigenvalue weighted by molar-refractivity contribution is -0.137. The molecule has 0 spiro atoms. The van der Waals surface area contributed by atoms with Gasteiger partial charge < -0.3 is 9.80 Å². The van der Waals surface area contributed by atoms with Crippen LogP contribution in [0.25, 0.3) is 17.2 Å². The van der Waals surface area contributed by atoms with Crippen molar-refractivity contribution in [2.45, 2.75) is 18.6 Å². The summed E-state index contributed by atoms with van der Waals surface area (Å²) in [5.41, 5.74) is 1.18. The summed E-state index contributed by atoms with van der Waals surface area (Å²) in [4.78, 5) is 34.3. The number of carbonyl (C=O) groups excluding carboxylic acids is 1. The van der Waals surface area contributed by atoms with E-state index >= 15 is 0 Å². The van der Waals surface area contributed by atoms with Gasteiger partial charge in [0.1, 0.15) is 22.9 Å². The molecular formula is C24H20F3N9O. The van der Waals surface area contributed by atoms with E-state index in [0.717, 1.165) is 17.8 Å². The fraction of sp³-hybridized carbons (Fsp3) is 0.250. The Labute approximate surface area is 208 Å². The highest BCUT2D eigenvalue weighted by Gasteiger charge is 2.35. The first kappa shape index (κ1) is 22.9. The number of fused-ring (bicyclic) bond motifs is 1. The summed E-state index contributed by atoms with van der Waals surface area (Å²) in [6, 6.07) is 3.74. The first-order chi connectivity index (χ1) is 17.9. The third-order valence-corrected chi connectivity index (χ3v) is 6.44. The molecule has 1 saturated heterocycles. The molecule has 6 heterocycles. The monoisotopic (exact) mass is 507 g/mol. The normalized spacial score (nSPS) is 18.0. The highest BCUT2D eigenvalue weighted by atomic mass is 19.4. The van der Waals surface area contributed by atoms with Crippen LogP contribution in [0.1, 0.15) is 23.6 Å². The van der Waals surface area contributed by atoms with Crippen LogP contribution in [0.4, 0.5) is 19.0 Å². The van der Waals surface area contributed by atoms with Crippen molar-refractivity contribution in [2.75, 3.05) is 24.5 Å². The van der Waals surface area contributed by atoms with Gasteiger partial charge in [-0.15, -0.1) is 0 Å². The van der Waals surface area contributed by atoms with Crippen LogP contribution >= 0.6 is 0 Å². The molecule has 1 atom stereocenters. The number of aromatic nitrogens is 6. The number of allylic oxidation sites excluding steroid dienone is 1. The number of hydrogen-bond acceptors (Lipinski definition) is 7. The molecule has 0 radical (unpaired) electrons. The number of alkyl halides is 3. The van der Waals surface area contributed by atoms with Crippen molar-refractivity contribution in [2.24, 2.45) is 4.99 Å². The molecular weight excluding hydrogens is 487 g/mol. The molecule has 4 aromatic heterocycles. The van der Waals surface area contributed by atoms with Gasteiger partial charge in [0.2, 0.25) is 0 Å². The van der Waals surface area contributed by atoms with Gasteiger partial charge in [0.15, 0.2) is 5.82 Å². The Morgan fingerprint density at radius 1 is 1.11 bits per heavy atom. The number of piperazine rings is 1. The van der Waals surface area contributed by atoms with Crippen LogP contribution in [0.15, 0.2) is 65.9 Å². The summed E-state index contributed by atoms with van der Waals surface area (Å²) < 4.78 is 41.2. The van der Waals surface area contributed by atoms with Crippen LogP contribution in [0.5, 0.6) is 0 Å². The molecule has 0 bridgehead atoms.